The number of hydrogen-bond acceptors (Lipinski definition) is 2. The van der Waals surface area contributed by atoms with Crippen LogP contribution < -0.4 is 10.6 Å². The molecule has 18 heavy (non-hydrogen) atoms. The van der Waals surface area contributed by atoms with E-state index in [1.807, 2.05) is 13.8 Å². The largest absolute Gasteiger partial charge is 0.354 e. The predicted octanol–water partition coefficient (Wildman–Crippen LogP) is 2.76. The van der Waals surface area contributed by atoms with Crippen molar-refractivity contribution in [2.45, 2.75) is 39.8 Å². The molecule has 0 saturated heterocycles. The highest BCUT2D eigenvalue weighted by Gasteiger charge is 2.02. The van der Waals surface area contributed by atoms with Gasteiger partial charge in [-0.25, -0.2) is 0 Å². The molecule has 2 N–H and O–H groups in total. The minimum absolute atomic E-state index is 0.101. The first-order chi connectivity index (χ1) is 8.49. The smallest absolute Gasteiger partial charge is 0.221 e. The highest BCUT2D eigenvalue weighted by molar-refractivity contribution is 9.10. The monoisotopic (exact) mass is 312 g/mol. The second-order valence-corrected chi connectivity index (χ2v) is 5.59. The van der Waals surface area contributed by atoms with Gasteiger partial charge in [0.1, 0.15) is 0 Å². The van der Waals surface area contributed by atoms with E-state index in [9.17, 15) is 4.79 Å². The fraction of sp³-hybridized carbons (Fsp3) is 0.500. The minimum atomic E-state index is 0.101. The molecule has 0 heterocycles. The highest BCUT2D eigenvalue weighted by Crippen LogP contribution is 2.16. The van der Waals surface area contributed by atoms with E-state index >= 15 is 0 Å². The Hall–Kier alpha value is -0.870. The first kappa shape index (κ1) is 15.2. The summed E-state index contributed by atoms with van der Waals surface area (Å²) < 4.78 is 1.13. The number of nitrogens with one attached hydrogen (secondary N) is 2. The van der Waals surface area contributed by atoms with Crippen LogP contribution in [0.3, 0.4) is 0 Å². The molecule has 0 aliphatic heterocycles. The van der Waals surface area contributed by atoms with E-state index in [4.69, 9.17) is 0 Å². The van der Waals surface area contributed by atoms with Gasteiger partial charge in [-0.05, 0) is 38.0 Å². The molecule has 0 spiro atoms. The van der Waals surface area contributed by atoms with Crippen LogP contribution in [0.1, 0.15) is 31.4 Å². The van der Waals surface area contributed by atoms with Gasteiger partial charge in [0.2, 0.25) is 5.91 Å². The number of aryl methyl sites for hydroxylation is 1. The summed E-state index contributed by atoms with van der Waals surface area (Å²) in [5, 5.41) is 6.15. The quantitative estimate of drug-likeness (QED) is 0.793. The summed E-state index contributed by atoms with van der Waals surface area (Å²) in [5.74, 6) is 0.101. The molecule has 0 aromatic heterocycles. The van der Waals surface area contributed by atoms with Gasteiger partial charge in [-0.2, -0.15) is 0 Å². The second-order valence-electron chi connectivity index (χ2n) is 4.73. The summed E-state index contributed by atoms with van der Waals surface area (Å²) in [6.45, 7) is 7.51. The number of hydrogen-bond donors (Lipinski definition) is 2. The first-order valence-electron chi connectivity index (χ1n) is 6.24. The SMILES string of the molecule is Cc1cc(CNCCC(=O)NC(C)C)ccc1Br. The van der Waals surface area contributed by atoms with Crippen LogP contribution in [0.25, 0.3) is 0 Å². The number of amides is 1. The third-order valence-corrected chi connectivity index (χ3v) is 3.42. The Morgan fingerprint density at radius 1 is 1.39 bits per heavy atom. The van der Waals surface area contributed by atoms with E-state index in [1.165, 1.54) is 11.1 Å². The van der Waals surface area contributed by atoms with Gasteiger partial charge in [-0.3, -0.25) is 4.79 Å². The van der Waals surface area contributed by atoms with Gasteiger partial charge in [0.05, 0.1) is 0 Å². The zero-order valence-electron chi connectivity index (χ0n) is 11.2. The average molecular weight is 313 g/mol. The summed E-state index contributed by atoms with van der Waals surface area (Å²) in [6.07, 6.45) is 0.522. The maximum absolute atomic E-state index is 11.4. The maximum Gasteiger partial charge on any atom is 0.221 e. The van der Waals surface area contributed by atoms with Crippen molar-refractivity contribution in [3.05, 3.63) is 33.8 Å². The third kappa shape index (κ3) is 5.65. The fourth-order valence-corrected chi connectivity index (χ4v) is 1.89. The Kier molecular flexibility index (Phi) is 6.36. The van der Waals surface area contributed by atoms with Crippen LogP contribution in [0, 0.1) is 6.92 Å². The van der Waals surface area contributed by atoms with E-state index in [0.717, 1.165) is 11.0 Å². The highest BCUT2D eigenvalue weighted by atomic mass is 79.9. The molecular weight excluding hydrogens is 292 g/mol. The minimum Gasteiger partial charge on any atom is -0.354 e. The molecule has 4 heteroatoms. The Balaban J connectivity index is 2.25. The Morgan fingerprint density at radius 3 is 2.72 bits per heavy atom. The molecule has 0 saturated carbocycles. The molecule has 1 rings (SSSR count). The van der Waals surface area contributed by atoms with E-state index < -0.39 is 0 Å². The van der Waals surface area contributed by atoms with Gasteiger partial charge >= 0.3 is 0 Å². The normalized spacial score (nSPS) is 10.7. The van der Waals surface area contributed by atoms with E-state index in [0.29, 0.717) is 13.0 Å². The maximum atomic E-state index is 11.4. The molecule has 1 aromatic carbocycles. The molecule has 100 valence electrons. The molecule has 0 aliphatic carbocycles. The lowest BCUT2D eigenvalue weighted by atomic mass is 10.1. The van der Waals surface area contributed by atoms with Crippen molar-refractivity contribution >= 4 is 21.8 Å². The van der Waals surface area contributed by atoms with Crippen LogP contribution in [0.2, 0.25) is 0 Å². The van der Waals surface area contributed by atoms with Crippen molar-refractivity contribution in [2.24, 2.45) is 0 Å². The van der Waals surface area contributed by atoms with Crippen LogP contribution in [-0.2, 0) is 11.3 Å². The van der Waals surface area contributed by atoms with Crippen LogP contribution in [0.4, 0.5) is 0 Å². The second kappa shape index (κ2) is 7.54. The fourth-order valence-electron chi connectivity index (χ4n) is 1.65. The van der Waals surface area contributed by atoms with Crippen LogP contribution in [-0.4, -0.2) is 18.5 Å². The Labute approximate surface area is 117 Å². The molecule has 1 amide bonds. The molecule has 0 fully saturated rings. The standard InChI is InChI=1S/C14H21BrN2O/c1-10(2)17-14(18)6-7-16-9-12-4-5-13(15)11(3)8-12/h4-5,8,10,16H,6-7,9H2,1-3H3,(H,17,18). The van der Waals surface area contributed by atoms with Gasteiger partial charge in [0.25, 0.3) is 0 Å². The number of halogens is 1. The topological polar surface area (TPSA) is 41.1 Å². The summed E-state index contributed by atoms with van der Waals surface area (Å²) in [5.41, 5.74) is 2.46. The zero-order chi connectivity index (χ0) is 13.5. The van der Waals surface area contributed by atoms with Crippen LogP contribution in [0.15, 0.2) is 22.7 Å². The number of rotatable bonds is 6. The van der Waals surface area contributed by atoms with Gasteiger partial charge in [-0.1, -0.05) is 28.1 Å². The number of carbonyl (C=O) groups excluding carboxylic acids is 1. The summed E-state index contributed by atoms with van der Waals surface area (Å²) in [4.78, 5) is 11.4. The molecular formula is C14H21BrN2O. The predicted molar refractivity (Wildman–Crippen MR) is 78.5 cm³/mol. The lowest BCUT2D eigenvalue weighted by Crippen LogP contribution is -2.32. The van der Waals surface area contributed by atoms with Crippen molar-refractivity contribution in [1.29, 1.82) is 0 Å². The van der Waals surface area contributed by atoms with Crippen molar-refractivity contribution < 1.29 is 4.79 Å². The van der Waals surface area contributed by atoms with Crippen LogP contribution >= 0.6 is 15.9 Å². The van der Waals surface area contributed by atoms with Gasteiger partial charge in [0, 0.05) is 30.0 Å². The van der Waals surface area contributed by atoms with Crippen molar-refractivity contribution in [2.75, 3.05) is 6.54 Å². The Bertz CT molecular complexity index is 405. The van der Waals surface area contributed by atoms with E-state index in [1.54, 1.807) is 0 Å². The molecule has 0 bridgehead atoms. The van der Waals surface area contributed by atoms with Gasteiger partial charge in [-0.15, -0.1) is 0 Å². The number of benzene rings is 1. The van der Waals surface area contributed by atoms with Gasteiger partial charge in [0.15, 0.2) is 0 Å². The van der Waals surface area contributed by atoms with Gasteiger partial charge < -0.3 is 10.6 Å². The molecule has 0 radical (unpaired) electrons. The summed E-state index contributed by atoms with van der Waals surface area (Å²) in [6, 6.07) is 6.49. The van der Waals surface area contributed by atoms with Crippen molar-refractivity contribution in [1.82, 2.24) is 10.6 Å². The Morgan fingerprint density at radius 2 is 2.11 bits per heavy atom. The number of carbonyl (C=O) groups is 1. The van der Waals surface area contributed by atoms with Crippen molar-refractivity contribution in [3.63, 3.8) is 0 Å². The molecule has 0 unspecified atom stereocenters. The third-order valence-electron chi connectivity index (χ3n) is 2.53. The molecule has 0 atom stereocenters. The van der Waals surface area contributed by atoms with Crippen molar-refractivity contribution in [3.8, 4) is 0 Å². The summed E-state index contributed by atoms with van der Waals surface area (Å²) >= 11 is 3.48. The summed E-state index contributed by atoms with van der Waals surface area (Å²) in [7, 11) is 0. The zero-order valence-corrected chi connectivity index (χ0v) is 12.8. The molecule has 0 aliphatic rings. The lowest BCUT2D eigenvalue weighted by Gasteiger charge is -2.09. The van der Waals surface area contributed by atoms with E-state index in [2.05, 4.69) is 51.7 Å². The van der Waals surface area contributed by atoms with Crippen LogP contribution in [0.5, 0.6) is 0 Å². The molecule has 1 aromatic rings. The first-order valence-corrected chi connectivity index (χ1v) is 7.03. The molecule has 3 nitrogen and oxygen atoms in total. The average Bonchev–Trinajstić information content (AvgIpc) is 2.28. The van der Waals surface area contributed by atoms with E-state index in [-0.39, 0.29) is 11.9 Å². The lowest BCUT2D eigenvalue weighted by molar-refractivity contribution is -0.121.